The van der Waals surface area contributed by atoms with Gasteiger partial charge in [0.2, 0.25) is 11.8 Å². The number of rotatable bonds is 10. The molecule has 7 heteroatoms. The number of carbonyl (C=O) groups excluding carboxylic acids is 2. The average molecular weight is 396 g/mol. The fourth-order valence-electron chi connectivity index (χ4n) is 3.34. The summed E-state index contributed by atoms with van der Waals surface area (Å²) in [5.41, 5.74) is 0.924. The van der Waals surface area contributed by atoms with Crippen molar-refractivity contribution < 1.29 is 14.3 Å². The van der Waals surface area contributed by atoms with Crippen LogP contribution in [0.25, 0.3) is 0 Å². The number of amides is 2. The summed E-state index contributed by atoms with van der Waals surface area (Å²) in [5.74, 6) is -0.146. The van der Waals surface area contributed by atoms with Crippen LogP contribution in [0.1, 0.15) is 62.9 Å². The minimum Gasteiger partial charge on any atom is -0.376 e. The number of ether oxygens (including phenoxy) is 1. The first kappa shape index (κ1) is 21.8. The van der Waals surface area contributed by atoms with E-state index < -0.39 is 0 Å². The van der Waals surface area contributed by atoms with Gasteiger partial charge in [0.25, 0.3) is 0 Å². The van der Waals surface area contributed by atoms with Crippen molar-refractivity contribution in [3.8, 4) is 0 Å². The smallest absolute Gasteiger partial charge is 0.245 e. The van der Waals surface area contributed by atoms with Crippen LogP contribution >= 0.6 is 11.3 Å². The zero-order chi connectivity index (χ0) is 19.8. The Labute approximate surface area is 166 Å². The molecule has 0 aliphatic carbocycles. The van der Waals surface area contributed by atoms with E-state index in [-0.39, 0.29) is 30.4 Å². The zero-order valence-electron chi connectivity index (χ0n) is 17.0. The van der Waals surface area contributed by atoms with Crippen LogP contribution in [-0.4, -0.2) is 47.5 Å². The molecule has 152 valence electrons. The van der Waals surface area contributed by atoms with E-state index in [2.05, 4.69) is 17.2 Å². The van der Waals surface area contributed by atoms with Crippen LogP contribution in [0.2, 0.25) is 0 Å². The summed E-state index contributed by atoms with van der Waals surface area (Å²) in [6, 6.07) is 0. The Balaban J connectivity index is 2.03. The predicted octanol–water partition coefficient (Wildman–Crippen LogP) is 3.92. The monoisotopic (exact) mass is 395 g/mol. The summed E-state index contributed by atoms with van der Waals surface area (Å²) in [7, 11) is 0. The summed E-state index contributed by atoms with van der Waals surface area (Å²) in [6.45, 7) is 9.37. The van der Waals surface area contributed by atoms with Crippen molar-refractivity contribution in [3.05, 3.63) is 10.6 Å². The molecule has 0 aromatic carbocycles. The molecule has 27 heavy (non-hydrogen) atoms. The standard InChI is InChI=1S/C20H33N3O3S/c1-5-7-9-16(6-2)19(25)23(12-17-10-8-11-26-17)13-18(24)22-20-21-14(3)15(4)27-20/h16-17H,5-13H2,1-4H3,(H,21,22,24). The molecule has 6 nitrogen and oxygen atoms in total. The van der Waals surface area contributed by atoms with Gasteiger partial charge in [-0.2, -0.15) is 0 Å². The number of thiazole rings is 1. The normalized spacial score (nSPS) is 17.7. The van der Waals surface area contributed by atoms with Crippen molar-refractivity contribution in [2.24, 2.45) is 5.92 Å². The molecule has 2 unspecified atom stereocenters. The average Bonchev–Trinajstić information content (AvgIpc) is 3.24. The number of aryl methyl sites for hydroxylation is 2. The largest absolute Gasteiger partial charge is 0.376 e. The van der Waals surface area contributed by atoms with Gasteiger partial charge in [-0.3, -0.25) is 9.59 Å². The molecule has 1 aliphatic heterocycles. The van der Waals surface area contributed by atoms with E-state index in [0.29, 0.717) is 11.7 Å². The van der Waals surface area contributed by atoms with Gasteiger partial charge < -0.3 is 15.0 Å². The molecule has 0 bridgehead atoms. The summed E-state index contributed by atoms with van der Waals surface area (Å²) in [4.78, 5) is 32.8. The number of aromatic nitrogens is 1. The highest BCUT2D eigenvalue weighted by Gasteiger charge is 2.28. The van der Waals surface area contributed by atoms with Gasteiger partial charge >= 0.3 is 0 Å². The molecule has 0 spiro atoms. The summed E-state index contributed by atoms with van der Waals surface area (Å²) >= 11 is 1.46. The maximum absolute atomic E-state index is 13.1. The maximum atomic E-state index is 13.1. The molecule has 1 aromatic heterocycles. The summed E-state index contributed by atoms with van der Waals surface area (Å²) in [6.07, 6.45) is 5.77. The quantitative estimate of drug-likeness (QED) is 0.652. The number of unbranched alkanes of at least 4 members (excludes halogenated alkanes) is 1. The lowest BCUT2D eigenvalue weighted by atomic mass is 9.97. The fourth-order valence-corrected chi connectivity index (χ4v) is 4.17. The van der Waals surface area contributed by atoms with Crippen molar-refractivity contribution in [2.45, 2.75) is 72.3 Å². The highest BCUT2D eigenvalue weighted by molar-refractivity contribution is 7.15. The fraction of sp³-hybridized carbons (Fsp3) is 0.750. The molecule has 2 rings (SSSR count). The van der Waals surface area contributed by atoms with Crippen LogP contribution in [0.15, 0.2) is 0 Å². The molecule has 1 N–H and O–H groups in total. The Morgan fingerprint density at radius 1 is 1.37 bits per heavy atom. The number of hydrogen-bond donors (Lipinski definition) is 1. The van der Waals surface area contributed by atoms with E-state index in [9.17, 15) is 9.59 Å². The lowest BCUT2D eigenvalue weighted by molar-refractivity contribution is -0.140. The van der Waals surface area contributed by atoms with Gasteiger partial charge in [-0.1, -0.05) is 26.7 Å². The van der Waals surface area contributed by atoms with Crippen LogP contribution in [-0.2, 0) is 14.3 Å². The number of nitrogens with zero attached hydrogens (tertiary/aromatic N) is 2. The van der Waals surface area contributed by atoms with Crippen molar-refractivity contribution in [1.82, 2.24) is 9.88 Å². The topological polar surface area (TPSA) is 71.5 Å². The van der Waals surface area contributed by atoms with Gasteiger partial charge in [0.05, 0.1) is 11.8 Å². The Morgan fingerprint density at radius 3 is 2.70 bits per heavy atom. The Morgan fingerprint density at radius 2 is 2.15 bits per heavy atom. The Kier molecular flexibility index (Phi) is 8.70. The highest BCUT2D eigenvalue weighted by Crippen LogP contribution is 2.22. The number of anilines is 1. The number of nitrogens with one attached hydrogen (secondary N) is 1. The SMILES string of the molecule is CCCCC(CC)C(=O)N(CC(=O)Nc1nc(C)c(C)s1)CC1CCCO1. The first-order valence-corrected chi connectivity index (χ1v) is 10.9. The van der Waals surface area contributed by atoms with Crippen molar-refractivity contribution in [2.75, 3.05) is 25.0 Å². The molecule has 1 aliphatic rings. The van der Waals surface area contributed by atoms with Gasteiger partial charge in [0.1, 0.15) is 6.54 Å². The second-order valence-electron chi connectivity index (χ2n) is 7.31. The lowest BCUT2D eigenvalue weighted by Gasteiger charge is -2.28. The molecule has 2 amide bonds. The van der Waals surface area contributed by atoms with E-state index in [4.69, 9.17) is 4.74 Å². The molecule has 2 atom stereocenters. The third kappa shape index (κ3) is 6.57. The molecule has 1 fully saturated rings. The van der Waals surface area contributed by atoms with E-state index in [1.54, 1.807) is 4.90 Å². The van der Waals surface area contributed by atoms with E-state index in [1.165, 1.54) is 11.3 Å². The van der Waals surface area contributed by atoms with Crippen LogP contribution in [0.5, 0.6) is 0 Å². The second-order valence-corrected chi connectivity index (χ2v) is 8.51. The molecule has 1 aromatic rings. The van der Waals surface area contributed by atoms with E-state index >= 15 is 0 Å². The van der Waals surface area contributed by atoms with Crippen LogP contribution in [0.4, 0.5) is 5.13 Å². The van der Waals surface area contributed by atoms with Gasteiger partial charge in [-0.05, 0) is 39.5 Å². The van der Waals surface area contributed by atoms with E-state index in [1.807, 2.05) is 20.8 Å². The van der Waals surface area contributed by atoms with Gasteiger partial charge in [-0.15, -0.1) is 11.3 Å². The zero-order valence-corrected chi connectivity index (χ0v) is 17.9. The van der Waals surface area contributed by atoms with Crippen LogP contribution < -0.4 is 5.32 Å². The van der Waals surface area contributed by atoms with Crippen molar-refractivity contribution in [3.63, 3.8) is 0 Å². The number of carbonyl (C=O) groups is 2. The number of hydrogen-bond acceptors (Lipinski definition) is 5. The lowest BCUT2D eigenvalue weighted by Crippen LogP contribution is -2.45. The van der Waals surface area contributed by atoms with Crippen molar-refractivity contribution in [1.29, 1.82) is 0 Å². The van der Waals surface area contributed by atoms with Crippen molar-refractivity contribution >= 4 is 28.3 Å². The summed E-state index contributed by atoms with van der Waals surface area (Å²) < 4.78 is 5.71. The molecule has 0 saturated carbocycles. The first-order chi connectivity index (χ1) is 12.9. The molecular weight excluding hydrogens is 362 g/mol. The third-order valence-corrected chi connectivity index (χ3v) is 6.11. The highest BCUT2D eigenvalue weighted by atomic mass is 32.1. The van der Waals surface area contributed by atoms with Gasteiger partial charge in [0, 0.05) is 23.9 Å². The molecule has 1 saturated heterocycles. The third-order valence-electron chi connectivity index (χ3n) is 5.12. The Bertz CT molecular complexity index is 606. The molecular formula is C20H33N3O3S. The van der Waals surface area contributed by atoms with E-state index in [0.717, 1.165) is 55.7 Å². The van der Waals surface area contributed by atoms with Crippen LogP contribution in [0, 0.1) is 19.8 Å². The Hall–Kier alpha value is -1.47. The maximum Gasteiger partial charge on any atom is 0.245 e. The minimum absolute atomic E-state index is 0.0245. The first-order valence-electron chi connectivity index (χ1n) is 10.1. The molecule has 2 heterocycles. The minimum atomic E-state index is -0.194. The molecule has 0 radical (unpaired) electrons. The van der Waals surface area contributed by atoms with Crippen LogP contribution in [0.3, 0.4) is 0 Å². The second kappa shape index (κ2) is 10.8. The van der Waals surface area contributed by atoms with Gasteiger partial charge in [0.15, 0.2) is 5.13 Å². The predicted molar refractivity (Wildman–Crippen MR) is 109 cm³/mol. The van der Waals surface area contributed by atoms with Gasteiger partial charge in [-0.25, -0.2) is 4.98 Å². The summed E-state index contributed by atoms with van der Waals surface area (Å²) in [5, 5.41) is 3.44.